The lowest BCUT2D eigenvalue weighted by molar-refractivity contribution is -0.149. The molecule has 0 unspecified atom stereocenters. The molecule has 6 heteroatoms. The molecule has 1 fully saturated rings. The van der Waals surface area contributed by atoms with Crippen LogP contribution in [0.4, 0.5) is 0 Å². The second kappa shape index (κ2) is 9.86. The van der Waals surface area contributed by atoms with Gasteiger partial charge in [-0.15, -0.1) is 23.5 Å². The molecule has 4 atom stereocenters. The summed E-state index contributed by atoms with van der Waals surface area (Å²) in [6.45, 7) is 3.86. The Balaban J connectivity index is 1.69. The van der Waals surface area contributed by atoms with E-state index in [-0.39, 0.29) is 24.3 Å². The Morgan fingerprint density at radius 3 is 1.41 bits per heavy atom. The van der Waals surface area contributed by atoms with Crippen molar-refractivity contribution < 1.29 is 9.47 Å². The Morgan fingerprint density at radius 1 is 0.759 bits per heavy atom. The summed E-state index contributed by atoms with van der Waals surface area (Å²) in [6, 6.07) is 16.7. The molecular weight excluding hydrogens is 400 g/mol. The summed E-state index contributed by atoms with van der Waals surface area (Å²) < 4.78 is 12.4. The van der Waals surface area contributed by atoms with Crippen LogP contribution in [0.1, 0.15) is 25.0 Å². The molecule has 1 aliphatic heterocycles. The molecule has 0 aromatic heterocycles. The van der Waals surface area contributed by atoms with Gasteiger partial charge in [-0.05, 0) is 74.6 Å². The zero-order chi connectivity index (χ0) is 21.0. The molecule has 0 amide bonds. The first kappa shape index (κ1) is 22.7. The predicted octanol–water partition coefficient (Wildman–Crippen LogP) is 4.09. The number of benzene rings is 2. The molecule has 2 aromatic rings. The molecule has 0 bridgehead atoms. The van der Waals surface area contributed by atoms with Crippen LogP contribution in [0, 0.1) is 0 Å². The van der Waals surface area contributed by atoms with Crippen LogP contribution in [-0.2, 0) is 22.3 Å². The molecular formula is C23H32N2O2S2. The molecule has 1 heterocycles. The SMILES string of the molecule is CSc1ccc(C[C@@H](N)[C@@H]2OC(C)(C)O[C@H]2[C@H](N)Cc2ccc(SC)cc2)cc1. The first-order valence-electron chi connectivity index (χ1n) is 9.94. The molecule has 4 N–H and O–H groups in total. The van der Waals surface area contributed by atoms with Crippen molar-refractivity contribution >= 4 is 23.5 Å². The summed E-state index contributed by atoms with van der Waals surface area (Å²) in [5.74, 6) is -0.685. The first-order valence-corrected chi connectivity index (χ1v) is 12.4. The maximum absolute atomic E-state index is 6.59. The van der Waals surface area contributed by atoms with Gasteiger partial charge in [-0.3, -0.25) is 0 Å². The topological polar surface area (TPSA) is 70.5 Å². The van der Waals surface area contributed by atoms with Crippen LogP contribution < -0.4 is 11.5 Å². The number of rotatable bonds is 8. The van der Waals surface area contributed by atoms with E-state index in [0.29, 0.717) is 0 Å². The largest absolute Gasteiger partial charge is 0.343 e. The van der Waals surface area contributed by atoms with Crippen LogP contribution in [0.5, 0.6) is 0 Å². The van der Waals surface area contributed by atoms with E-state index >= 15 is 0 Å². The van der Waals surface area contributed by atoms with Gasteiger partial charge in [0, 0.05) is 21.9 Å². The van der Waals surface area contributed by atoms with E-state index in [4.69, 9.17) is 20.9 Å². The lowest BCUT2D eigenvalue weighted by atomic mass is 9.92. The van der Waals surface area contributed by atoms with Gasteiger partial charge in [-0.1, -0.05) is 24.3 Å². The minimum Gasteiger partial charge on any atom is -0.343 e. The van der Waals surface area contributed by atoms with Gasteiger partial charge < -0.3 is 20.9 Å². The third kappa shape index (κ3) is 6.00. The molecule has 3 rings (SSSR count). The highest BCUT2D eigenvalue weighted by Gasteiger charge is 2.46. The smallest absolute Gasteiger partial charge is 0.163 e. The third-order valence-corrected chi connectivity index (χ3v) is 6.76. The molecule has 0 aliphatic carbocycles. The third-order valence-electron chi connectivity index (χ3n) is 5.27. The Morgan fingerprint density at radius 2 is 1.10 bits per heavy atom. The van der Waals surface area contributed by atoms with Crippen molar-refractivity contribution in [3.05, 3.63) is 59.7 Å². The lowest BCUT2D eigenvalue weighted by Gasteiger charge is -2.27. The van der Waals surface area contributed by atoms with E-state index in [1.165, 1.54) is 20.9 Å². The second-order valence-corrected chi connectivity index (χ2v) is 9.76. The molecule has 1 aliphatic rings. The van der Waals surface area contributed by atoms with E-state index in [2.05, 4.69) is 61.0 Å². The second-order valence-electron chi connectivity index (χ2n) is 8.00. The van der Waals surface area contributed by atoms with Crippen molar-refractivity contribution in [1.29, 1.82) is 0 Å². The highest BCUT2D eigenvalue weighted by molar-refractivity contribution is 7.98. The van der Waals surface area contributed by atoms with Crippen molar-refractivity contribution in [2.75, 3.05) is 12.5 Å². The number of hydrogen-bond donors (Lipinski definition) is 2. The number of thioether (sulfide) groups is 2. The van der Waals surface area contributed by atoms with E-state index in [1.54, 1.807) is 23.5 Å². The van der Waals surface area contributed by atoms with Crippen molar-refractivity contribution in [3.63, 3.8) is 0 Å². The van der Waals surface area contributed by atoms with E-state index < -0.39 is 5.79 Å². The fourth-order valence-electron chi connectivity index (χ4n) is 3.78. The van der Waals surface area contributed by atoms with E-state index in [0.717, 1.165) is 12.8 Å². The van der Waals surface area contributed by atoms with Gasteiger partial charge in [0.15, 0.2) is 5.79 Å². The summed E-state index contributed by atoms with van der Waals surface area (Å²) in [6.07, 6.45) is 5.12. The number of nitrogens with two attached hydrogens (primary N) is 2. The zero-order valence-corrected chi connectivity index (χ0v) is 19.3. The minimum absolute atomic E-state index is 0.188. The van der Waals surface area contributed by atoms with Gasteiger partial charge in [0.25, 0.3) is 0 Å². The quantitative estimate of drug-likeness (QED) is 0.612. The molecule has 0 radical (unpaired) electrons. The van der Waals surface area contributed by atoms with Crippen molar-refractivity contribution in [1.82, 2.24) is 0 Å². The highest BCUT2D eigenvalue weighted by atomic mass is 32.2. The summed E-state index contributed by atoms with van der Waals surface area (Å²) in [7, 11) is 0. The molecule has 158 valence electrons. The normalized spacial score (nSPS) is 23.1. The average Bonchev–Trinajstić information content (AvgIpc) is 3.05. The number of ether oxygens (including phenoxy) is 2. The highest BCUT2D eigenvalue weighted by Crippen LogP contribution is 2.32. The van der Waals surface area contributed by atoms with Gasteiger partial charge in [-0.25, -0.2) is 0 Å². The van der Waals surface area contributed by atoms with Crippen LogP contribution in [0.25, 0.3) is 0 Å². The van der Waals surface area contributed by atoms with Crippen LogP contribution in [-0.4, -0.2) is 42.6 Å². The Hall–Kier alpha value is -1.02. The standard InChI is InChI=1S/C23H32N2O2S2/c1-23(2)26-21(19(24)13-15-5-9-17(28-3)10-6-15)22(27-23)20(25)14-16-7-11-18(29-4)12-8-16/h5-12,19-22H,13-14,24-25H2,1-4H3/t19-,20-,21+,22+/m1/s1. The van der Waals surface area contributed by atoms with Gasteiger partial charge >= 0.3 is 0 Å². The van der Waals surface area contributed by atoms with Crippen molar-refractivity contribution in [2.45, 2.75) is 66.6 Å². The molecule has 29 heavy (non-hydrogen) atoms. The fourth-order valence-corrected chi connectivity index (χ4v) is 4.60. The molecule has 4 nitrogen and oxygen atoms in total. The molecule has 2 aromatic carbocycles. The predicted molar refractivity (Wildman–Crippen MR) is 124 cm³/mol. The van der Waals surface area contributed by atoms with E-state index in [1.807, 2.05) is 13.8 Å². The van der Waals surface area contributed by atoms with Crippen LogP contribution in [0.15, 0.2) is 58.3 Å². The van der Waals surface area contributed by atoms with Crippen LogP contribution >= 0.6 is 23.5 Å². The minimum atomic E-state index is -0.685. The van der Waals surface area contributed by atoms with Crippen LogP contribution in [0.3, 0.4) is 0 Å². The summed E-state index contributed by atoms with van der Waals surface area (Å²) in [4.78, 5) is 2.49. The van der Waals surface area contributed by atoms with Gasteiger partial charge in [0.2, 0.25) is 0 Å². The monoisotopic (exact) mass is 432 g/mol. The number of hydrogen-bond acceptors (Lipinski definition) is 6. The van der Waals surface area contributed by atoms with Gasteiger partial charge in [0.05, 0.1) is 0 Å². The van der Waals surface area contributed by atoms with Crippen molar-refractivity contribution in [3.8, 4) is 0 Å². The fraction of sp³-hybridized carbons (Fsp3) is 0.478. The Kier molecular flexibility index (Phi) is 7.70. The molecule has 1 saturated heterocycles. The maximum atomic E-state index is 6.59. The van der Waals surface area contributed by atoms with Gasteiger partial charge in [0.1, 0.15) is 12.2 Å². The Bertz CT molecular complexity index is 715. The molecule has 0 spiro atoms. The summed E-state index contributed by atoms with van der Waals surface area (Å²) in [5, 5.41) is 0. The van der Waals surface area contributed by atoms with E-state index in [9.17, 15) is 0 Å². The zero-order valence-electron chi connectivity index (χ0n) is 17.6. The van der Waals surface area contributed by atoms with Gasteiger partial charge in [-0.2, -0.15) is 0 Å². The Labute approximate surface area is 183 Å². The first-order chi connectivity index (χ1) is 13.8. The lowest BCUT2D eigenvalue weighted by Crippen LogP contribution is -2.51. The summed E-state index contributed by atoms with van der Waals surface area (Å²) in [5.41, 5.74) is 15.6. The summed E-state index contributed by atoms with van der Waals surface area (Å²) >= 11 is 3.47. The molecule has 0 saturated carbocycles. The maximum Gasteiger partial charge on any atom is 0.163 e. The van der Waals surface area contributed by atoms with Crippen LogP contribution in [0.2, 0.25) is 0 Å². The average molecular weight is 433 g/mol. The van der Waals surface area contributed by atoms with Crippen molar-refractivity contribution in [2.24, 2.45) is 11.5 Å².